The van der Waals surface area contributed by atoms with E-state index < -0.39 is 0 Å². The molecule has 0 fully saturated rings. The maximum atomic E-state index is 9.26. The molecule has 0 spiro atoms. The van der Waals surface area contributed by atoms with Gasteiger partial charge in [-0.1, -0.05) is 191 Å². The van der Waals surface area contributed by atoms with Crippen LogP contribution in [0.5, 0.6) is 0 Å². The molecule has 9 rings (SSSR count). The fraction of sp³-hybridized carbons (Fsp3) is 0.0392. The minimum absolute atomic E-state index is 0.475. The molecule has 0 saturated heterocycles. The summed E-state index contributed by atoms with van der Waals surface area (Å²) in [5, 5.41) is 20.3. The first kappa shape index (κ1) is 36.0. The molecule has 0 aromatic heterocycles. The second-order valence-corrected chi connectivity index (χ2v) is 12.3. The largest absolute Gasteiger partial charge is 0.354 e. The summed E-state index contributed by atoms with van der Waals surface area (Å²) in [6.45, 7) is 10.7. The van der Waals surface area contributed by atoms with Gasteiger partial charge in [0.15, 0.2) is 0 Å². The third-order valence-corrected chi connectivity index (χ3v) is 9.00. The Kier molecular flexibility index (Phi) is 11.9. The lowest BCUT2D eigenvalue weighted by molar-refractivity contribution is 1.22. The van der Waals surface area contributed by atoms with Gasteiger partial charge in [0.05, 0.1) is 5.71 Å². The van der Waals surface area contributed by atoms with E-state index in [1.807, 2.05) is 68.5 Å². The molecular weight excluding hydrogens is 641 g/mol. The molecule has 8 aromatic carbocycles. The van der Waals surface area contributed by atoms with Gasteiger partial charge in [-0.2, -0.15) is 0 Å². The van der Waals surface area contributed by atoms with Crippen molar-refractivity contribution in [1.82, 2.24) is 5.32 Å². The highest BCUT2D eigenvalue weighted by atomic mass is 14.9. The topological polar surface area (TPSA) is 35.9 Å². The van der Waals surface area contributed by atoms with Gasteiger partial charge < -0.3 is 10.7 Å². The van der Waals surface area contributed by atoms with E-state index in [0.29, 0.717) is 5.71 Å². The quantitative estimate of drug-likeness (QED) is 0.106. The van der Waals surface area contributed by atoms with Crippen LogP contribution in [-0.4, -0.2) is 5.71 Å². The van der Waals surface area contributed by atoms with Crippen molar-refractivity contribution in [3.05, 3.63) is 223 Å². The molecule has 258 valence electrons. The Morgan fingerprint density at radius 3 is 1.55 bits per heavy atom. The number of nitrogens with one attached hydrogen (secondary N) is 2. The van der Waals surface area contributed by atoms with Crippen LogP contribution in [0.4, 0.5) is 0 Å². The smallest absolute Gasteiger partial charge is 0.0633 e. The van der Waals surface area contributed by atoms with E-state index in [1.54, 1.807) is 12.2 Å². The Morgan fingerprint density at radius 2 is 1.00 bits per heavy atom. The summed E-state index contributed by atoms with van der Waals surface area (Å²) in [5.74, 6) is 0. The van der Waals surface area contributed by atoms with Gasteiger partial charge in [-0.05, 0) is 84.9 Å². The van der Waals surface area contributed by atoms with Crippen LogP contribution < -0.4 is 5.32 Å². The van der Waals surface area contributed by atoms with Crippen LogP contribution in [0.15, 0.2) is 201 Å². The summed E-state index contributed by atoms with van der Waals surface area (Å²) in [6, 6.07) is 59.0. The van der Waals surface area contributed by atoms with E-state index >= 15 is 0 Å². The number of benzene rings is 8. The number of hydrogen-bond acceptors (Lipinski definition) is 2. The first-order valence-electron chi connectivity index (χ1n) is 18.1. The van der Waals surface area contributed by atoms with Gasteiger partial charge in [0, 0.05) is 22.5 Å². The zero-order valence-electron chi connectivity index (χ0n) is 30.4. The molecule has 0 bridgehead atoms. The van der Waals surface area contributed by atoms with E-state index in [0.717, 1.165) is 50.0 Å². The predicted molar refractivity (Wildman–Crippen MR) is 232 cm³/mol. The van der Waals surface area contributed by atoms with Gasteiger partial charge in [-0.15, -0.1) is 0 Å². The van der Waals surface area contributed by atoms with Crippen molar-refractivity contribution in [3.63, 3.8) is 0 Å². The minimum atomic E-state index is 0.475. The molecular formula is C51H44N2. The second kappa shape index (κ2) is 17.4. The van der Waals surface area contributed by atoms with Crippen molar-refractivity contribution < 1.29 is 0 Å². The standard InChI is InChI=1S/C39H26N2.C6H6.C4H6.C2H6/c40-35(33-20-31-18-14-27-12-7-13-28-15-19-32(21-33)39(31)38(27)28)24-37-34-22-29(25-8-3-1-4-9-25)16-17-30(34)23-36(41-37)26-10-5-2-6-11-26;1-2-4-6-5-3-1;1-3-4-2;1-2/h1-24,40-41H;1-6H;3-4H,1-2H2;1-2H3/b37-24-,40-35?;;;. The van der Waals surface area contributed by atoms with Crippen LogP contribution in [0, 0.1) is 5.41 Å². The Morgan fingerprint density at radius 1 is 0.509 bits per heavy atom. The van der Waals surface area contributed by atoms with Gasteiger partial charge in [0.2, 0.25) is 0 Å². The Balaban J connectivity index is 0.000000349. The molecule has 0 atom stereocenters. The number of allylic oxidation sites excluding steroid dienone is 3. The maximum absolute atomic E-state index is 9.26. The maximum Gasteiger partial charge on any atom is 0.0633 e. The van der Waals surface area contributed by atoms with Crippen molar-refractivity contribution >= 4 is 55.5 Å². The van der Waals surface area contributed by atoms with Gasteiger partial charge in [-0.3, -0.25) is 0 Å². The normalized spacial score (nSPS) is 12.1. The third kappa shape index (κ3) is 8.25. The highest BCUT2D eigenvalue weighted by Crippen LogP contribution is 2.36. The summed E-state index contributed by atoms with van der Waals surface area (Å²) in [4.78, 5) is 0. The summed E-state index contributed by atoms with van der Waals surface area (Å²) in [5.41, 5.74) is 9.01. The monoisotopic (exact) mass is 684 g/mol. The number of hydrogen-bond donors (Lipinski definition) is 2. The molecule has 2 nitrogen and oxygen atoms in total. The summed E-state index contributed by atoms with van der Waals surface area (Å²) >= 11 is 0. The van der Waals surface area contributed by atoms with Crippen molar-refractivity contribution in [1.29, 1.82) is 5.41 Å². The molecule has 0 aliphatic carbocycles. The van der Waals surface area contributed by atoms with Gasteiger partial charge in [0.25, 0.3) is 0 Å². The predicted octanol–water partition coefficient (Wildman–Crippen LogP) is 13.8. The Hall–Kier alpha value is -6.77. The molecule has 8 aromatic rings. The fourth-order valence-corrected chi connectivity index (χ4v) is 6.54. The first-order valence-corrected chi connectivity index (χ1v) is 18.1. The molecule has 1 aliphatic rings. The van der Waals surface area contributed by atoms with E-state index in [-0.39, 0.29) is 0 Å². The molecule has 53 heavy (non-hydrogen) atoms. The van der Waals surface area contributed by atoms with Crippen molar-refractivity contribution in [2.24, 2.45) is 0 Å². The fourth-order valence-electron chi connectivity index (χ4n) is 6.54. The van der Waals surface area contributed by atoms with Crippen molar-refractivity contribution in [3.8, 4) is 11.1 Å². The Labute approximate surface area is 313 Å². The van der Waals surface area contributed by atoms with Gasteiger partial charge in [-0.25, -0.2) is 0 Å². The molecule has 0 saturated carbocycles. The molecule has 1 aliphatic heterocycles. The molecule has 0 amide bonds. The van der Waals surface area contributed by atoms with E-state index in [9.17, 15) is 5.41 Å². The molecule has 1 heterocycles. The lowest BCUT2D eigenvalue weighted by atomic mass is 9.90. The zero-order valence-corrected chi connectivity index (χ0v) is 30.4. The van der Waals surface area contributed by atoms with Crippen molar-refractivity contribution in [2.45, 2.75) is 13.8 Å². The van der Waals surface area contributed by atoms with E-state index in [4.69, 9.17) is 0 Å². The highest BCUT2D eigenvalue weighted by molar-refractivity contribution is 6.25. The van der Waals surface area contributed by atoms with Crippen LogP contribution in [0.25, 0.3) is 60.9 Å². The molecule has 2 heteroatoms. The second-order valence-electron chi connectivity index (χ2n) is 12.3. The lowest BCUT2D eigenvalue weighted by Gasteiger charge is -2.23. The third-order valence-electron chi connectivity index (χ3n) is 9.00. The number of fused-ring (bicyclic) bond motifs is 1. The SMILES string of the molecule is C=CC=C.CC.N=C(/C=C1\NC(c2ccccc2)=Cc2ccc(-c3ccccc3)cc21)c1cc2ccc3cccc4ccc(c1)c2c34.c1ccccc1. The summed E-state index contributed by atoms with van der Waals surface area (Å²) in [7, 11) is 0. The molecule has 0 unspecified atom stereocenters. The van der Waals surface area contributed by atoms with E-state index in [1.165, 1.54) is 27.1 Å². The van der Waals surface area contributed by atoms with Crippen LogP contribution in [-0.2, 0) is 0 Å². The lowest BCUT2D eigenvalue weighted by Crippen LogP contribution is -2.17. The van der Waals surface area contributed by atoms with Crippen LogP contribution >= 0.6 is 0 Å². The highest BCUT2D eigenvalue weighted by Gasteiger charge is 2.18. The molecule has 2 N–H and O–H groups in total. The molecule has 0 radical (unpaired) electrons. The average molecular weight is 685 g/mol. The summed E-state index contributed by atoms with van der Waals surface area (Å²) in [6.07, 6.45) is 7.46. The van der Waals surface area contributed by atoms with Crippen LogP contribution in [0.1, 0.15) is 36.1 Å². The van der Waals surface area contributed by atoms with Gasteiger partial charge >= 0.3 is 0 Å². The van der Waals surface area contributed by atoms with Gasteiger partial charge in [0.1, 0.15) is 0 Å². The zero-order chi connectivity index (χ0) is 37.0. The van der Waals surface area contributed by atoms with E-state index in [2.05, 4.69) is 146 Å². The van der Waals surface area contributed by atoms with Crippen LogP contribution in [0.3, 0.4) is 0 Å². The average Bonchev–Trinajstić information content (AvgIpc) is 3.24. The summed E-state index contributed by atoms with van der Waals surface area (Å²) < 4.78 is 0. The Bertz CT molecular complexity index is 2430. The minimum Gasteiger partial charge on any atom is -0.354 e. The first-order chi connectivity index (χ1) is 26.1. The number of rotatable bonds is 5. The van der Waals surface area contributed by atoms with Crippen molar-refractivity contribution in [2.75, 3.05) is 0 Å². The van der Waals surface area contributed by atoms with Crippen LogP contribution in [0.2, 0.25) is 0 Å².